The maximum atomic E-state index is 11.2. The molecule has 4 heteroatoms. The molecule has 1 saturated carbocycles. The molecule has 19 heavy (non-hydrogen) atoms. The van der Waals surface area contributed by atoms with Crippen molar-refractivity contribution in [1.29, 1.82) is 0 Å². The van der Waals surface area contributed by atoms with Gasteiger partial charge in [0.2, 0.25) is 0 Å². The summed E-state index contributed by atoms with van der Waals surface area (Å²) < 4.78 is 0. The van der Waals surface area contributed by atoms with Crippen LogP contribution in [0, 0.1) is 0 Å². The van der Waals surface area contributed by atoms with Crippen LogP contribution in [0.4, 0.5) is 5.13 Å². The van der Waals surface area contributed by atoms with Gasteiger partial charge in [0.15, 0.2) is 11.4 Å². The minimum absolute atomic E-state index is 0.439. The molecule has 1 aliphatic rings. The first-order valence-electron chi connectivity index (χ1n) is 7.39. The Morgan fingerprint density at radius 2 is 2.16 bits per heavy atom. The molecule has 1 aromatic rings. The van der Waals surface area contributed by atoms with Crippen molar-refractivity contribution >= 4 is 22.8 Å². The summed E-state index contributed by atoms with van der Waals surface area (Å²) in [6.45, 7) is 7.66. The lowest BCUT2D eigenvalue weighted by molar-refractivity contribution is 0.112. The van der Waals surface area contributed by atoms with Gasteiger partial charge >= 0.3 is 0 Å². The molecule has 0 N–H and O–H groups in total. The lowest BCUT2D eigenvalue weighted by Gasteiger charge is -2.26. The molecule has 0 spiro atoms. The summed E-state index contributed by atoms with van der Waals surface area (Å²) in [7, 11) is 0. The number of carbonyl (C=O) groups is 1. The number of carbonyl (C=O) groups excluding carboxylic acids is 1. The summed E-state index contributed by atoms with van der Waals surface area (Å²) >= 11 is 1.57. The molecule has 1 aromatic heterocycles. The standard InChI is InChI=1S/C15H24N2OS/c1-4-5-6-9-17(11(2)3)15-16-14(12-7-8-12)13(10-18)19-15/h10-12H,4-9H2,1-3H3. The second-order valence-corrected chi connectivity index (χ2v) is 6.64. The van der Waals surface area contributed by atoms with Crippen LogP contribution in [0.1, 0.15) is 74.2 Å². The number of thiazole rings is 1. The van der Waals surface area contributed by atoms with Gasteiger partial charge in [-0.25, -0.2) is 4.98 Å². The van der Waals surface area contributed by atoms with E-state index in [4.69, 9.17) is 4.98 Å². The largest absolute Gasteiger partial charge is 0.346 e. The zero-order valence-corrected chi connectivity index (χ0v) is 13.0. The number of aromatic nitrogens is 1. The van der Waals surface area contributed by atoms with E-state index in [2.05, 4.69) is 25.7 Å². The number of rotatable bonds is 8. The van der Waals surface area contributed by atoms with Gasteiger partial charge in [-0.15, -0.1) is 0 Å². The Morgan fingerprint density at radius 1 is 1.42 bits per heavy atom. The minimum atomic E-state index is 0.439. The summed E-state index contributed by atoms with van der Waals surface area (Å²) in [5, 5.41) is 1.04. The summed E-state index contributed by atoms with van der Waals surface area (Å²) in [4.78, 5) is 19.1. The van der Waals surface area contributed by atoms with E-state index in [0.717, 1.165) is 28.5 Å². The fourth-order valence-corrected chi connectivity index (χ4v) is 3.42. The highest BCUT2D eigenvalue weighted by molar-refractivity contribution is 7.17. The smallest absolute Gasteiger partial charge is 0.186 e. The van der Waals surface area contributed by atoms with Gasteiger partial charge in [-0.05, 0) is 33.1 Å². The second-order valence-electron chi connectivity index (χ2n) is 5.63. The lowest BCUT2D eigenvalue weighted by Crippen LogP contribution is -2.31. The summed E-state index contributed by atoms with van der Waals surface area (Å²) in [5.74, 6) is 0.551. The molecule has 0 atom stereocenters. The van der Waals surface area contributed by atoms with Crippen molar-refractivity contribution in [2.24, 2.45) is 0 Å². The van der Waals surface area contributed by atoms with Crippen LogP contribution in [-0.4, -0.2) is 23.9 Å². The van der Waals surface area contributed by atoms with E-state index in [9.17, 15) is 4.79 Å². The third-order valence-corrected chi connectivity index (χ3v) is 4.65. The number of aldehydes is 1. The molecule has 0 aliphatic heterocycles. The third-order valence-electron chi connectivity index (χ3n) is 3.61. The van der Waals surface area contributed by atoms with E-state index in [1.54, 1.807) is 11.3 Å². The molecule has 0 radical (unpaired) electrons. The highest BCUT2D eigenvalue weighted by Crippen LogP contribution is 2.43. The number of nitrogens with zero attached hydrogens (tertiary/aromatic N) is 2. The van der Waals surface area contributed by atoms with E-state index < -0.39 is 0 Å². The molecule has 2 rings (SSSR count). The average Bonchev–Trinajstić information content (AvgIpc) is 3.14. The van der Waals surface area contributed by atoms with Crippen LogP contribution in [0.3, 0.4) is 0 Å². The van der Waals surface area contributed by atoms with Gasteiger partial charge < -0.3 is 4.90 Å². The SMILES string of the molecule is CCCCCN(c1nc(C2CC2)c(C=O)s1)C(C)C. The van der Waals surface area contributed by atoms with Crippen LogP contribution in [0.15, 0.2) is 0 Å². The van der Waals surface area contributed by atoms with Gasteiger partial charge in [0.05, 0.1) is 10.6 Å². The molecule has 0 aromatic carbocycles. The van der Waals surface area contributed by atoms with Crippen LogP contribution < -0.4 is 4.90 Å². The summed E-state index contributed by atoms with van der Waals surface area (Å²) in [6.07, 6.45) is 7.06. The van der Waals surface area contributed by atoms with Gasteiger partial charge in [-0.1, -0.05) is 31.1 Å². The maximum Gasteiger partial charge on any atom is 0.186 e. The predicted octanol–water partition coefficient (Wildman–Crippen LogP) is 4.24. The van der Waals surface area contributed by atoms with Gasteiger partial charge in [0, 0.05) is 18.5 Å². The molecule has 0 bridgehead atoms. The minimum Gasteiger partial charge on any atom is -0.346 e. The van der Waals surface area contributed by atoms with Crippen molar-refractivity contribution in [1.82, 2.24) is 4.98 Å². The first kappa shape index (κ1) is 14.5. The quantitative estimate of drug-likeness (QED) is 0.527. The first-order chi connectivity index (χ1) is 9.17. The van der Waals surface area contributed by atoms with Crippen molar-refractivity contribution in [3.8, 4) is 0 Å². The van der Waals surface area contributed by atoms with E-state index >= 15 is 0 Å². The molecular weight excluding hydrogens is 256 g/mol. The lowest BCUT2D eigenvalue weighted by atomic mass is 10.2. The average molecular weight is 280 g/mol. The Hall–Kier alpha value is -0.900. The highest BCUT2D eigenvalue weighted by atomic mass is 32.1. The monoisotopic (exact) mass is 280 g/mol. The molecule has 106 valence electrons. The van der Waals surface area contributed by atoms with E-state index in [0.29, 0.717) is 12.0 Å². The Labute approximate surface area is 120 Å². The zero-order chi connectivity index (χ0) is 13.8. The molecule has 0 unspecified atom stereocenters. The molecule has 0 saturated heterocycles. The van der Waals surface area contributed by atoms with Crippen LogP contribution in [0.2, 0.25) is 0 Å². The number of anilines is 1. The third kappa shape index (κ3) is 3.56. The van der Waals surface area contributed by atoms with Crippen LogP contribution in [-0.2, 0) is 0 Å². The van der Waals surface area contributed by atoms with Crippen LogP contribution >= 0.6 is 11.3 Å². The molecule has 1 heterocycles. The Kier molecular flexibility index (Phi) is 4.97. The Morgan fingerprint density at radius 3 is 2.68 bits per heavy atom. The maximum absolute atomic E-state index is 11.2. The van der Waals surface area contributed by atoms with Crippen molar-refractivity contribution in [2.75, 3.05) is 11.4 Å². The van der Waals surface area contributed by atoms with Gasteiger partial charge in [-0.2, -0.15) is 0 Å². The summed E-state index contributed by atoms with van der Waals surface area (Å²) in [6, 6.07) is 0.439. The number of hydrogen-bond donors (Lipinski definition) is 0. The molecule has 0 amide bonds. The topological polar surface area (TPSA) is 33.2 Å². The zero-order valence-electron chi connectivity index (χ0n) is 12.2. The van der Waals surface area contributed by atoms with Gasteiger partial charge in [0.25, 0.3) is 0 Å². The normalized spacial score (nSPS) is 14.9. The molecule has 1 aliphatic carbocycles. The van der Waals surface area contributed by atoms with E-state index in [1.807, 2.05) is 0 Å². The van der Waals surface area contributed by atoms with Gasteiger partial charge in [0.1, 0.15) is 0 Å². The Bertz CT molecular complexity index is 424. The summed E-state index contributed by atoms with van der Waals surface area (Å²) in [5.41, 5.74) is 1.05. The fraction of sp³-hybridized carbons (Fsp3) is 0.733. The van der Waals surface area contributed by atoms with E-state index in [-0.39, 0.29) is 0 Å². The fourth-order valence-electron chi connectivity index (χ4n) is 2.29. The second kappa shape index (κ2) is 6.51. The van der Waals surface area contributed by atoms with Crippen LogP contribution in [0.25, 0.3) is 0 Å². The van der Waals surface area contributed by atoms with Crippen molar-refractivity contribution in [3.05, 3.63) is 10.6 Å². The number of hydrogen-bond acceptors (Lipinski definition) is 4. The van der Waals surface area contributed by atoms with Gasteiger partial charge in [-0.3, -0.25) is 4.79 Å². The molecular formula is C15H24N2OS. The Balaban J connectivity index is 2.13. The van der Waals surface area contributed by atoms with Crippen LogP contribution in [0.5, 0.6) is 0 Å². The first-order valence-corrected chi connectivity index (χ1v) is 8.21. The van der Waals surface area contributed by atoms with Crippen molar-refractivity contribution in [3.63, 3.8) is 0 Å². The highest BCUT2D eigenvalue weighted by Gasteiger charge is 2.30. The predicted molar refractivity (Wildman–Crippen MR) is 81.5 cm³/mol. The molecule has 3 nitrogen and oxygen atoms in total. The number of unbranched alkanes of at least 4 members (excludes halogenated alkanes) is 2. The van der Waals surface area contributed by atoms with Crippen molar-refractivity contribution in [2.45, 2.75) is 64.8 Å². The molecule has 1 fully saturated rings. The van der Waals surface area contributed by atoms with Crippen molar-refractivity contribution < 1.29 is 4.79 Å². The van der Waals surface area contributed by atoms with E-state index in [1.165, 1.54) is 32.1 Å².